The van der Waals surface area contributed by atoms with E-state index >= 15 is 0 Å². The van der Waals surface area contributed by atoms with E-state index < -0.39 is 15.9 Å². The Morgan fingerprint density at radius 3 is 2.58 bits per heavy atom. The van der Waals surface area contributed by atoms with E-state index in [0.717, 1.165) is 24.8 Å². The lowest BCUT2D eigenvalue weighted by Crippen LogP contribution is -2.27. The first-order valence-electron chi connectivity index (χ1n) is 8.01. The van der Waals surface area contributed by atoms with Crippen molar-refractivity contribution in [3.05, 3.63) is 47.7 Å². The van der Waals surface area contributed by atoms with Gasteiger partial charge in [-0.15, -0.1) is 0 Å². The molecule has 0 aliphatic carbocycles. The van der Waals surface area contributed by atoms with Crippen LogP contribution in [0.25, 0.3) is 0 Å². The highest BCUT2D eigenvalue weighted by molar-refractivity contribution is 7.89. The summed E-state index contributed by atoms with van der Waals surface area (Å²) in [7, 11) is -3.65. The number of aryl methyl sites for hydroxylation is 1. The predicted octanol–water partition coefficient (Wildman–Crippen LogP) is 2.88. The minimum Gasteiger partial charge on any atom is -0.438 e. The number of hydrogen-bond acceptors (Lipinski definition) is 4. The third-order valence-electron chi connectivity index (χ3n) is 4.11. The Bertz CT molecular complexity index is 836. The minimum atomic E-state index is -3.65. The zero-order valence-electron chi connectivity index (χ0n) is 13.5. The van der Waals surface area contributed by atoms with Crippen molar-refractivity contribution < 1.29 is 17.6 Å². The normalized spacial score (nSPS) is 15.5. The number of rotatable bonds is 5. The number of para-hydroxylation sites is 1. The van der Waals surface area contributed by atoms with Crippen LogP contribution in [-0.4, -0.2) is 31.7 Å². The highest BCUT2D eigenvalue weighted by Crippen LogP contribution is 2.23. The van der Waals surface area contributed by atoms with Gasteiger partial charge in [0.25, 0.3) is 15.9 Å². The average Bonchev–Trinajstić information content (AvgIpc) is 3.27. The third kappa shape index (κ3) is 3.22. The van der Waals surface area contributed by atoms with Gasteiger partial charge in [0.05, 0.1) is 0 Å². The monoisotopic (exact) mass is 348 g/mol. The first kappa shape index (κ1) is 16.7. The fraction of sp³-hybridized carbons (Fsp3) is 0.353. The van der Waals surface area contributed by atoms with Crippen molar-refractivity contribution in [1.82, 2.24) is 4.31 Å². The molecule has 6 nitrogen and oxygen atoms in total. The van der Waals surface area contributed by atoms with Crippen LogP contribution in [0.4, 0.5) is 5.69 Å². The highest BCUT2D eigenvalue weighted by atomic mass is 32.2. The molecule has 0 radical (unpaired) electrons. The topological polar surface area (TPSA) is 79.6 Å². The molecule has 3 rings (SSSR count). The van der Waals surface area contributed by atoms with E-state index in [0.29, 0.717) is 18.8 Å². The summed E-state index contributed by atoms with van der Waals surface area (Å²) in [4.78, 5) is 12.3. The summed E-state index contributed by atoms with van der Waals surface area (Å²) in [5, 5.41) is 2.59. The van der Waals surface area contributed by atoms with Gasteiger partial charge < -0.3 is 9.73 Å². The Balaban J connectivity index is 1.79. The van der Waals surface area contributed by atoms with Gasteiger partial charge in [0.15, 0.2) is 5.76 Å². The van der Waals surface area contributed by atoms with E-state index in [4.69, 9.17) is 4.42 Å². The number of hydrogen-bond donors (Lipinski definition) is 1. The Labute approximate surface area is 141 Å². The van der Waals surface area contributed by atoms with Crippen LogP contribution in [0, 0.1) is 0 Å². The molecule has 2 aromatic rings. The van der Waals surface area contributed by atoms with E-state index in [-0.39, 0.29) is 10.9 Å². The number of nitrogens with one attached hydrogen (secondary N) is 1. The van der Waals surface area contributed by atoms with Crippen molar-refractivity contribution in [2.45, 2.75) is 31.3 Å². The van der Waals surface area contributed by atoms with Crippen molar-refractivity contribution in [3.63, 3.8) is 0 Å². The predicted molar refractivity (Wildman–Crippen MR) is 90.5 cm³/mol. The number of anilines is 1. The Kier molecular flexibility index (Phi) is 4.73. The number of amides is 1. The molecule has 24 heavy (non-hydrogen) atoms. The molecule has 1 fully saturated rings. The van der Waals surface area contributed by atoms with Crippen molar-refractivity contribution >= 4 is 21.6 Å². The van der Waals surface area contributed by atoms with Crippen LogP contribution in [0.2, 0.25) is 0 Å². The smallest absolute Gasteiger partial charge is 0.291 e. The second-order valence-electron chi connectivity index (χ2n) is 5.69. The van der Waals surface area contributed by atoms with Gasteiger partial charge in [-0.2, -0.15) is 4.31 Å². The van der Waals surface area contributed by atoms with Crippen LogP contribution in [0.15, 0.2) is 45.9 Å². The lowest BCUT2D eigenvalue weighted by molar-refractivity contribution is 0.0991. The Hall–Kier alpha value is -2.12. The summed E-state index contributed by atoms with van der Waals surface area (Å²) in [5.74, 6) is -0.475. The summed E-state index contributed by atoms with van der Waals surface area (Å²) in [6.45, 7) is 2.99. The third-order valence-corrected chi connectivity index (χ3v) is 5.88. The number of carbonyl (C=O) groups is 1. The molecule has 1 aliphatic heterocycles. The van der Waals surface area contributed by atoms with Crippen LogP contribution in [0.5, 0.6) is 0 Å². The van der Waals surface area contributed by atoms with Gasteiger partial charge in [0, 0.05) is 18.8 Å². The van der Waals surface area contributed by atoms with Crippen LogP contribution >= 0.6 is 0 Å². The SMILES string of the molecule is CCc1ccccc1NC(=O)c1ccc(S(=O)(=O)N2CCCC2)o1. The molecule has 7 heteroatoms. The molecule has 1 aliphatic rings. The first-order chi connectivity index (χ1) is 11.5. The fourth-order valence-electron chi connectivity index (χ4n) is 2.77. The molecule has 1 aromatic carbocycles. The van der Waals surface area contributed by atoms with Crippen molar-refractivity contribution in [1.29, 1.82) is 0 Å². The second-order valence-corrected chi connectivity index (χ2v) is 7.56. The maximum absolute atomic E-state index is 12.4. The zero-order chi connectivity index (χ0) is 17.2. The summed E-state index contributed by atoms with van der Waals surface area (Å²) >= 11 is 0. The van der Waals surface area contributed by atoms with Gasteiger partial charge >= 0.3 is 0 Å². The number of furan rings is 1. The lowest BCUT2D eigenvalue weighted by Gasteiger charge is -2.12. The second kappa shape index (κ2) is 6.78. The number of nitrogens with zero attached hydrogens (tertiary/aromatic N) is 1. The maximum atomic E-state index is 12.4. The van der Waals surface area contributed by atoms with Gasteiger partial charge in [-0.1, -0.05) is 25.1 Å². The van der Waals surface area contributed by atoms with Gasteiger partial charge in [0.2, 0.25) is 5.09 Å². The lowest BCUT2D eigenvalue weighted by atomic mass is 10.1. The molecule has 2 heterocycles. The molecule has 1 amide bonds. The summed E-state index contributed by atoms with van der Waals surface area (Å²) in [6, 6.07) is 10.2. The maximum Gasteiger partial charge on any atom is 0.291 e. The van der Waals surface area contributed by atoms with E-state index in [1.54, 1.807) is 0 Å². The van der Waals surface area contributed by atoms with Crippen molar-refractivity contribution in [2.75, 3.05) is 18.4 Å². The standard InChI is InChI=1S/C17H20N2O4S/c1-2-13-7-3-4-8-14(13)18-17(20)15-9-10-16(23-15)24(21,22)19-11-5-6-12-19/h3-4,7-10H,2,5-6,11-12H2,1H3,(H,18,20). The zero-order valence-corrected chi connectivity index (χ0v) is 14.3. The Morgan fingerprint density at radius 2 is 1.88 bits per heavy atom. The molecule has 0 bridgehead atoms. The van der Waals surface area contributed by atoms with E-state index in [9.17, 15) is 13.2 Å². The minimum absolute atomic E-state index is 0.0151. The molecule has 0 unspecified atom stereocenters. The molecule has 1 N–H and O–H groups in total. The van der Waals surface area contributed by atoms with E-state index in [2.05, 4.69) is 5.32 Å². The number of sulfonamides is 1. The average molecular weight is 348 g/mol. The van der Waals surface area contributed by atoms with Crippen molar-refractivity contribution in [2.24, 2.45) is 0 Å². The van der Waals surface area contributed by atoms with Gasteiger partial charge in [-0.25, -0.2) is 8.42 Å². The summed E-state index contributed by atoms with van der Waals surface area (Å²) < 4.78 is 31.6. The first-order valence-corrected chi connectivity index (χ1v) is 9.45. The fourth-order valence-corrected chi connectivity index (χ4v) is 4.20. The number of carbonyl (C=O) groups excluding carboxylic acids is 1. The molecule has 0 saturated carbocycles. The highest BCUT2D eigenvalue weighted by Gasteiger charge is 2.30. The molecule has 1 aromatic heterocycles. The number of benzene rings is 1. The van der Waals surface area contributed by atoms with Gasteiger partial charge in [-0.05, 0) is 43.0 Å². The molecule has 0 atom stereocenters. The molecular weight excluding hydrogens is 328 g/mol. The van der Waals surface area contributed by atoms with Gasteiger partial charge in [0.1, 0.15) is 0 Å². The molecular formula is C17H20N2O4S. The molecule has 0 spiro atoms. The van der Waals surface area contributed by atoms with Crippen LogP contribution < -0.4 is 5.32 Å². The Morgan fingerprint density at radius 1 is 1.17 bits per heavy atom. The summed E-state index contributed by atoms with van der Waals surface area (Å²) in [6.07, 6.45) is 2.48. The largest absolute Gasteiger partial charge is 0.438 e. The van der Waals surface area contributed by atoms with Crippen LogP contribution in [0.1, 0.15) is 35.9 Å². The van der Waals surface area contributed by atoms with Crippen LogP contribution in [0.3, 0.4) is 0 Å². The van der Waals surface area contributed by atoms with E-state index in [1.165, 1.54) is 16.4 Å². The quantitative estimate of drug-likeness (QED) is 0.901. The summed E-state index contributed by atoms with van der Waals surface area (Å²) in [5.41, 5.74) is 1.70. The van der Waals surface area contributed by atoms with Crippen LogP contribution in [-0.2, 0) is 16.4 Å². The van der Waals surface area contributed by atoms with E-state index in [1.807, 2.05) is 31.2 Å². The van der Waals surface area contributed by atoms with Gasteiger partial charge in [-0.3, -0.25) is 4.79 Å². The molecule has 1 saturated heterocycles. The molecule has 128 valence electrons. The van der Waals surface area contributed by atoms with Crippen molar-refractivity contribution in [3.8, 4) is 0 Å².